The largest absolute Gasteiger partial charge is 0.507 e. The molecule has 0 saturated carbocycles. The van der Waals surface area contributed by atoms with E-state index in [9.17, 15) is 18.3 Å². The lowest BCUT2D eigenvalue weighted by Gasteiger charge is -2.17. The summed E-state index contributed by atoms with van der Waals surface area (Å²) in [5.74, 6) is -0.721. The van der Waals surface area contributed by atoms with Crippen molar-refractivity contribution >= 4 is 11.6 Å². The summed E-state index contributed by atoms with van der Waals surface area (Å²) >= 11 is 5.67. The Morgan fingerprint density at radius 3 is 2.59 bits per heavy atom. The van der Waals surface area contributed by atoms with Crippen LogP contribution in [0, 0.1) is 0 Å². The van der Waals surface area contributed by atoms with Crippen molar-refractivity contribution in [3.8, 4) is 5.75 Å². The number of nitrogens with one attached hydrogen (secondary N) is 1. The third kappa shape index (κ3) is 2.50. The first kappa shape index (κ1) is 12.5. The van der Waals surface area contributed by atoms with E-state index in [0.717, 1.165) is 19.0 Å². The minimum absolute atomic E-state index is 0.0150. The number of phenols is 1. The van der Waals surface area contributed by atoms with E-state index >= 15 is 0 Å². The van der Waals surface area contributed by atoms with Gasteiger partial charge in [0.2, 0.25) is 0 Å². The number of phenolic OH excluding ortho intramolecular Hbond substituents is 1. The lowest BCUT2D eigenvalue weighted by Crippen LogP contribution is -2.15. The van der Waals surface area contributed by atoms with Crippen LogP contribution in [0.5, 0.6) is 5.75 Å². The summed E-state index contributed by atoms with van der Waals surface area (Å²) in [6.07, 6.45) is -3.02. The van der Waals surface area contributed by atoms with Gasteiger partial charge in [0.1, 0.15) is 5.75 Å². The molecule has 0 aromatic heterocycles. The first-order chi connectivity index (χ1) is 7.89. The van der Waals surface area contributed by atoms with E-state index in [4.69, 9.17) is 11.6 Å². The molecule has 1 aromatic rings. The Hall–Kier alpha value is -0.940. The van der Waals surface area contributed by atoms with E-state index in [1.54, 1.807) is 0 Å². The summed E-state index contributed by atoms with van der Waals surface area (Å²) in [6, 6.07) is 1.87. The monoisotopic (exact) mass is 265 g/mol. The van der Waals surface area contributed by atoms with Crippen LogP contribution in [0.25, 0.3) is 0 Å². The van der Waals surface area contributed by atoms with Gasteiger partial charge in [0.25, 0.3) is 0 Å². The van der Waals surface area contributed by atoms with Crippen molar-refractivity contribution in [1.29, 1.82) is 0 Å². The SMILES string of the molecule is Oc1c(C2CCCN2)cc(Cl)cc1C(F)(F)F. The average Bonchev–Trinajstić information content (AvgIpc) is 2.72. The Morgan fingerprint density at radius 1 is 1.35 bits per heavy atom. The fraction of sp³-hybridized carbons (Fsp3) is 0.455. The highest BCUT2D eigenvalue weighted by Crippen LogP contribution is 2.42. The molecule has 1 heterocycles. The van der Waals surface area contributed by atoms with Crippen LogP contribution in [-0.2, 0) is 6.18 Å². The Balaban J connectivity index is 2.49. The minimum atomic E-state index is -4.59. The van der Waals surface area contributed by atoms with Gasteiger partial charge >= 0.3 is 6.18 Å². The van der Waals surface area contributed by atoms with Crippen molar-refractivity contribution in [2.75, 3.05) is 6.54 Å². The molecule has 0 amide bonds. The van der Waals surface area contributed by atoms with Crippen LogP contribution in [-0.4, -0.2) is 11.7 Å². The quantitative estimate of drug-likeness (QED) is 0.815. The molecule has 1 aliphatic rings. The van der Waals surface area contributed by atoms with E-state index in [2.05, 4.69) is 5.32 Å². The fourth-order valence-corrected chi connectivity index (χ4v) is 2.28. The van der Waals surface area contributed by atoms with E-state index < -0.39 is 17.5 Å². The number of hydrogen-bond donors (Lipinski definition) is 2. The molecule has 2 nitrogen and oxygen atoms in total. The van der Waals surface area contributed by atoms with Crippen LogP contribution in [0.2, 0.25) is 5.02 Å². The van der Waals surface area contributed by atoms with Crippen LogP contribution in [0.15, 0.2) is 12.1 Å². The van der Waals surface area contributed by atoms with Gasteiger partial charge in [0, 0.05) is 16.6 Å². The molecule has 0 aliphatic carbocycles. The molecule has 2 N–H and O–H groups in total. The molecule has 6 heteroatoms. The average molecular weight is 266 g/mol. The molecular formula is C11H11ClF3NO. The number of hydrogen-bond acceptors (Lipinski definition) is 2. The summed E-state index contributed by atoms with van der Waals surface area (Å²) in [5, 5.41) is 12.7. The zero-order valence-corrected chi connectivity index (χ0v) is 9.57. The van der Waals surface area contributed by atoms with Gasteiger partial charge in [-0.05, 0) is 31.5 Å². The summed E-state index contributed by atoms with van der Waals surface area (Å²) in [5.41, 5.74) is -0.851. The molecule has 1 fully saturated rings. The molecule has 0 bridgehead atoms. The zero-order valence-electron chi connectivity index (χ0n) is 8.81. The van der Waals surface area contributed by atoms with Crippen molar-refractivity contribution in [1.82, 2.24) is 5.32 Å². The first-order valence-electron chi connectivity index (χ1n) is 5.22. The van der Waals surface area contributed by atoms with Gasteiger partial charge in [0.05, 0.1) is 5.56 Å². The predicted octanol–water partition coefficient (Wildman–Crippen LogP) is 3.49. The standard InChI is InChI=1S/C11H11ClF3NO/c12-6-4-7(9-2-1-3-16-9)10(17)8(5-6)11(13,14)15/h4-5,9,16-17H,1-3H2. The molecule has 0 radical (unpaired) electrons. The summed E-state index contributed by atoms with van der Waals surface area (Å²) in [4.78, 5) is 0. The summed E-state index contributed by atoms with van der Waals surface area (Å²) in [6.45, 7) is 0.734. The third-order valence-corrected chi connectivity index (χ3v) is 3.06. The van der Waals surface area contributed by atoms with Gasteiger partial charge in [-0.2, -0.15) is 13.2 Å². The lowest BCUT2D eigenvalue weighted by atomic mass is 10.0. The minimum Gasteiger partial charge on any atom is -0.507 e. The number of alkyl halides is 3. The zero-order chi connectivity index (χ0) is 12.6. The van der Waals surface area contributed by atoms with Gasteiger partial charge in [0.15, 0.2) is 0 Å². The van der Waals surface area contributed by atoms with Gasteiger partial charge in [-0.15, -0.1) is 0 Å². The highest BCUT2D eigenvalue weighted by molar-refractivity contribution is 6.30. The molecule has 1 unspecified atom stereocenters. The van der Waals surface area contributed by atoms with E-state index in [1.807, 2.05) is 0 Å². The Kier molecular flexibility index (Phi) is 3.23. The maximum Gasteiger partial charge on any atom is 0.420 e. The molecular weight excluding hydrogens is 255 g/mol. The van der Waals surface area contributed by atoms with Gasteiger partial charge < -0.3 is 10.4 Å². The van der Waals surface area contributed by atoms with Crippen molar-refractivity contribution < 1.29 is 18.3 Å². The van der Waals surface area contributed by atoms with E-state index in [0.29, 0.717) is 6.42 Å². The predicted molar refractivity (Wildman–Crippen MR) is 58.1 cm³/mol. The summed E-state index contributed by atoms with van der Waals surface area (Å²) < 4.78 is 38.0. The number of rotatable bonds is 1. The molecule has 1 saturated heterocycles. The van der Waals surface area contributed by atoms with Crippen LogP contribution >= 0.6 is 11.6 Å². The Morgan fingerprint density at radius 2 is 2.06 bits per heavy atom. The maximum absolute atomic E-state index is 12.7. The normalized spacial score (nSPS) is 20.8. The topological polar surface area (TPSA) is 32.3 Å². The Labute approximate surface area is 101 Å². The second-order valence-electron chi connectivity index (χ2n) is 4.04. The second-order valence-corrected chi connectivity index (χ2v) is 4.47. The third-order valence-electron chi connectivity index (χ3n) is 2.85. The van der Waals surface area contributed by atoms with Crippen LogP contribution in [0.3, 0.4) is 0 Å². The van der Waals surface area contributed by atoms with Crippen molar-refractivity contribution in [3.05, 3.63) is 28.3 Å². The highest BCUT2D eigenvalue weighted by Gasteiger charge is 2.36. The lowest BCUT2D eigenvalue weighted by molar-refractivity contribution is -0.138. The van der Waals surface area contributed by atoms with Gasteiger partial charge in [-0.3, -0.25) is 0 Å². The molecule has 1 aromatic carbocycles. The molecule has 1 aliphatic heterocycles. The van der Waals surface area contributed by atoms with Crippen molar-refractivity contribution in [3.63, 3.8) is 0 Å². The first-order valence-corrected chi connectivity index (χ1v) is 5.60. The number of aromatic hydroxyl groups is 1. The van der Waals surface area contributed by atoms with Gasteiger partial charge in [-0.25, -0.2) is 0 Å². The number of halogens is 4. The maximum atomic E-state index is 12.7. The van der Waals surface area contributed by atoms with Crippen molar-refractivity contribution in [2.24, 2.45) is 0 Å². The molecule has 0 spiro atoms. The van der Waals surface area contributed by atoms with Crippen LogP contribution in [0.4, 0.5) is 13.2 Å². The highest BCUT2D eigenvalue weighted by atomic mass is 35.5. The molecule has 94 valence electrons. The molecule has 2 rings (SSSR count). The summed E-state index contributed by atoms with van der Waals surface area (Å²) in [7, 11) is 0. The molecule has 1 atom stereocenters. The number of benzene rings is 1. The Bertz CT molecular complexity index is 427. The molecule has 17 heavy (non-hydrogen) atoms. The van der Waals surface area contributed by atoms with Crippen LogP contribution < -0.4 is 5.32 Å². The fourth-order valence-electron chi connectivity index (χ4n) is 2.05. The smallest absolute Gasteiger partial charge is 0.420 e. The van der Waals surface area contributed by atoms with Gasteiger partial charge in [-0.1, -0.05) is 11.6 Å². The second kappa shape index (κ2) is 4.38. The van der Waals surface area contributed by atoms with Crippen LogP contribution in [0.1, 0.15) is 30.0 Å². The van der Waals surface area contributed by atoms with E-state index in [1.165, 1.54) is 6.07 Å². The van der Waals surface area contributed by atoms with Crippen molar-refractivity contribution in [2.45, 2.75) is 25.1 Å². The van der Waals surface area contributed by atoms with E-state index in [-0.39, 0.29) is 16.6 Å².